The van der Waals surface area contributed by atoms with E-state index in [-0.39, 0.29) is 16.7 Å². The molecule has 2 rings (SSSR count). The molecule has 12 nitrogen and oxygen atoms in total. The number of ketones is 1. The molecule has 0 atom stereocenters. The monoisotopic (exact) mass is 564 g/mol. The topological polar surface area (TPSA) is 161 Å². The molecule has 0 aliphatic rings. The molecule has 0 bridgehead atoms. The summed E-state index contributed by atoms with van der Waals surface area (Å²) in [4.78, 5) is 48.9. The van der Waals surface area contributed by atoms with Crippen LogP contribution in [-0.4, -0.2) is 53.5 Å². The highest BCUT2D eigenvalue weighted by Gasteiger charge is 2.49. The van der Waals surface area contributed by atoms with E-state index < -0.39 is 79.7 Å². The average Bonchev–Trinajstić information content (AvgIpc) is 3.14. The van der Waals surface area contributed by atoms with Gasteiger partial charge in [0.05, 0.1) is 23.5 Å². The Bertz CT molecular complexity index is 1360. The van der Waals surface area contributed by atoms with Crippen molar-refractivity contribution in [3.8, 4) is 17.0 Å². The van der Waals surface area contributed by atoms with Gasteiger partial charge < -0.3 is 13.7 Å². The van der Waals surface area contributed by atoms with Crippen LogP contribution in [0.4, 0.5) is 23.7 Å². The summed E-state index contributed by atoms with van der Waals surface area (Å²) >= 11 is 0. The van der Waals surface area contributed by atoms with Gasteiger partial charge in [-0.3, -0.25) is 19.7 Å². The van der Waals surface area contributed by atoms with Crippen molar-refractivity contribution in [2.45, 2.75) is 51.6 Å². The molecule has 1 aromatic heterocycles. The number of nitro groups is 1. The van der Waals surface area contributed by atoms with Gasteiger partial charge in [0.2, 0.25) is 5.88 Å². The normalized spacial score (nSPS) is 12.1. The Morgan fingerprint density at radius 1 is 1.05 bits per heavy atom. The summed E-state index contributed by atoms with van der Waals surface area (Å²) in [5.74, 6) is -3.21. The Morgan fingerprint density at radius 2 is 1.66 bits per heavy atom. The highest BCUT2D eigenvalue weighted by atomic mass is 32.2. The molecule has 0 amide bonds. The Morgan fingerprint density at radius 3 is 2.18 bits per heavy atom. The number of para-hydroxylation sites is 1. The predicted molar refractivity (Wildman–Crippen MR) is 124 cm³/mol. The molecule has 16 heteroatoms. The number of Topliss-reactive ketones (excluding diaryl/α,β-unsaturated/α-hetero) is 1. The second-order valence-electron chi connectivity index (χ2n) is 8.55. The Labute approximate surface area is 214 Å². The van der Waals surface area contributed by atoms with Crippen LogP contribution in [-0.2, 0) is 24.4 Å². The van der Waals surface area contributed by atoms with Gasteiger partial charge >= 0.3 is 27.7 Å². The number of aromatic nitrogens is 1. The van der Waals surface area contributed by atoms with E-state index in [0.29, 0.717) is 6.07 Å². The summed E-state index contributed by atoms with van der Waals surface area (Å²) in [7, 11) is -6.37. The molecular weight excluding hydrogens is 541 g/mol. The lowest BCUT2D eigenvalue weighted by Crippen LogP contribution is -2.32. The SMILES string of the molecule is CCOC(=O)CCC(=O)c1c(-c2ccccc2[N+](=O)[O-])cc(OS(=O)(=O)C(F)(F)F)n1C(=O)OC(C)(C)C. The maximum Gasteiger partial charge on any atom is 0.534 e. The standard InChI is InChI=1S/C22H23F3N2O10S/c1-5-35-18(29)11-10-16(28)19-14(13-8-6-7-9-15(13)27(31)32)12-17(37-38(33,34)22(23,24)25)26(19)20(30)36-21(2,3)4/h6-9,12H,5,10-11H2,1-4H3. The van der Waals surface area contributed by atoms with Crippen LogP contribution < -0.4 is 4.18 Å². The average molecular weight is 564 g/mol. The number of halogens is 3. The molecule has 0 spiro atoms. The minimum absolute atomic E-state index is 0.0178. The summed E-state index contributed by atoms with van der Waals surface area (Å²) < 4.78 is 77.2. The number of carbonyl (C=O) groups is 3. The fourth-order valence-corrected chi connectivity index (χ4v) is 3.55. The quantitative estimate of drug-likeness (QED) is 0.105. The van der Waals surface area contributed by atoms with E-state index >= 15 is 0 Å². The molecule has 0 unspecified atom stereocenters. The third-order valence-corrected chi connectivity index (χ3v) is 5.50. The zero-order valence-corrected chi connectivity index (χ0v) is 21.3. The van der Waals surface area contributed by atoms with Gasteiger partial charge in [-0.2, -0.15) is 21.6 Å². The second-order valence-corrected chi connectivity index (χ2v) is 10.1. The fraction of sp³-hybridized carbons (Fsp3) is 0.409. The van der Waals surface area contributed by atoms with Crippen LogP contribution >= 0.6 is 0 Å². The molecule has 0 N–H and O–H groups in total. The molecule has 0 fully saturated rings. The van der Waals surface area contributed by atoms with Crippen LogP contribution in [0, 0.1) is 10.1 Å². The van der Waals surface area contributed by atoms with Gasteiger partial charge in [0, 0.05) is 24.1 Å². The van der Waals surface area contributed by atoms with Crippen molar-refractivity contribution in [3.05, 3.63) is 46.1 Å². The van der Waals surface area contributed by atoms with Gasteiger partial charge in [-0.15, -0.1) is 0 Å². The molecule has 2 aromatic rings. The predicted octanol–water partition coefficient (Wildman–Crippen LogP) is 4.60. The minimum Gasteiger partial charge on any atom is -0.466 e. The third-order valence-electron chi connectivity index (χ3n) is 4.54. The van der Waals surface area contributed by atoms with Crippen molar-refractivity contribution in [2.24, 2.45) is 0 Å². The van der Waals surface area contributed by atoms with E-state index in [1.807, 2.05) is 0 Å². The number of benzene rings is 1. The molecule has 1 heterocycles. The molecular formula is C22H23F3N2O10S. The summed E-state index contributed by atoms with van der Waals surface area (Å²) in [6.45, 7) is 5.63. The third kappa shape index (κ3) is 7.08. The highest BCUT2D eigenvalue weighted by Crippen LogP contribution is 2.39. The molecule has 208 valence electrons. The molecule has 1 aromatic carbocycles. The Kier molecular flexibility index (Phi) is 8.93. The Balaban J connectivity index is 2.90. The van der Waals surface area contributed by atoms with Crippen LogP contribution in [0.2, 0.25) is 0 Å². The lowest BCUT2D eigenvalue weighted by Gasteiger charge is -2.21. The van der Waals surface area contributed by atoms with Crippen LogP contribution in [0.15, 0.2) is 30.3 Å². The number of esters is 1. The smallest absolute Gasteiger partial charge is 0.466 e. The number of alkyl halides is 3. The van der Waals surface area contributed by atoms with Crippen molar-refractivity contribution in [1.29, 1.82) is 0 Å². The highest BCUT2D eigenvalue weighted by molar-refractivity contribution is 7.87. The van der Waals surface area contributed by atoms with Crippen LogP contribution in [0.1, 0.15) is 51.0 Å². The molecule has 0 saturated heterocycles. The molecule has 0 aliphatic heterocycles. The molecule has 0 aliphatic carbocycles. The van der Waals surface area contributed by atoms with Gasteiger partial charge in [0.25, 0.3) is 5.69 Å². The first-order chi connectivity index (χ1) is 17.4. The van der Waals surface area contributed by atoms with Gasteiger partial charge in [-0.25, -0.2) is 9.36 Å². The number of rotatable bonds is 9. The first kappa shape index (κ1) is 30.3. The zero-order chi connectivity index (χ0) is 29.1. The van der Waals surface area contributed by atoms with Gasteiger partial charge in [-0.05, 0) is 33.8 Å². The number of hydrogen-bond acceptors (Lipinski definition) is 10. The summed E-state index contributed by atoms with van der Waals surface area (Å²) in [6.07, 6.45) is -2.71. The van der Waals surface area contributed by atoms with E-state index in [1.54, 1.807) is 0 Å². The van der Waals surface area contributed by atoms with Crippen molar-refractivity contribution < 1.29 is 54.6 Å². The second kappa shape index (κ2) is 11.2. The van der Waals surface area contributed by atoms with Gasteiger partial charge in [0.1, 0.15) is 11.3 Å². The van der Waals surface area contributed by atoms with Gasteiger partial charge in [-0.1, -0.05) is 12.1 Å². The lowest BCUT2D eigenvalue weighted by molar-refractivity contribution is -0.384. The largest absolute Gasteiger partial charge is 0.534 e. The summed E-state index contributed by atoms with van der Waals surface area (Å²) in [6, 6.07) is 5.26. The lowest BCUT2D eigenvalue weighted by atomic mass is 10.0. The summed E-state index contributed by atoms with van der Waals surface area (Å²) in [5, 5.41) is 11.6. The number of nitrogens with zero attached hydrogens (tertiary/aromatic N) is 2. The maximum atomic E-state index is 13.3. The number of nitro benzene ring substituents is 1. The van der Waals surface area contributed by atoms with Crippen LogP contribution in [0.5, 0.6) is 5.88 Å². The van der Waals surface area contributed by atoms with Crippen molar-refractivity contribution in [2.75, 3.05) is 6.61 Å². The molecule has 0 radical (unpaired) electrons. The molecule has 38 heavy (non-hydrogen) atoms. The van der Waals surface area contributed by atoms with Crippen molar-refractivity contribution in [1.82, 2.24) is 4.57 Å². The van der Waals surface area contributed by atoms with E-state index in [2.05, 4.69) is 4.18 Å². The molecule has 0 saturated carbocycles. The van der Waals surface area contributed by atoms with Gasteiger partial charge in [0.15, 0.2) is 5.78 Å². The van der Waals surface area contributed by atoms with Crippen molar-refractivity contribution in [3.63, 3.8) is 0 Å². The zero-order valence-electron chi connectivity index (χ0n) is 20.5. The van der Waals surface area contributed by atoms with E-state index in [9.17, 15) is 46.1 Å². The van der Waals surface area contributed by atoms with E-state index in [1.165, 1.54) is 39.8 Å². The Hall–Kier alpha value is -3.95. The minimum atomic E-state index is -6.37. The van der Waals surface area contributed by atoms with E-state index in [4.69, 9.17) is 9.47 Å². The maximum absolute atomic E-state index is 13.3. The van der Waals surface area contributed by atoms with Crippen molar-refractivity contribution >= 4 is 33.7 Å². The summed E-state index contributed by atoms with van der Waals surface area (Å²) in [5.41, 5.74) is -9.50. The number of hydrogen-bond donors (Lipinski definition) is 0. The first-order valence-electron chi connectivity index (χ1n) is 10.8. The number of ether oxygens (including phenoxy) is 2. The van der Waals surface area contributed by atoms with E-state index in [0.717, 1.165) is 12.1 Å². The van der Waals surface area contributed by atoms with Crippen LogP contribution in [0.25, 0.3) is 11.1 Å². The van der Waals surface area contributed by atoms with Crippen LogP contribution in [0.3, 0.4) is 0 Å². The first-order valence-corrected chi connectivity index (χ1v) is 12.2. The number of carbonyl (C=O) groups excluding carboxylic acids is 3. The fourth-order valence-electron chi connectivity index (χ4n) is 3.10.